The summed E-state index contributed by atoms with van der Waals surface area (Å²) in [5.74, 6) is 0.350. The van der Waals surface area contributed by atoms with Crippen molar-refractivity contribution in [3.8, 4) is 0 Å². The zero-order valence-corrected chi connectivity index (χ0v) is 14.1. The molecule has 1 amide bonds. The first-order valence-corrected chi connectivity index (χ1v) is 8.25. The van der Waals surface area contributed by atoms with Crippen molar-refractivity contribution in [3.05, 3.63) is 95.4 Å². The second-order valence-corrected chi connectivity index (χ2v) is 6.02. The van der Waals surface area contributed by atoms with Gasteiger partial charge in [-0.3, -0.25) is 4.79 Å². The van der Waals surface area contributed by atoms with E-state index in [1.807, 2.05) is 61.5 Å². The molecule has 0 radical (unpaired) electrons. The Bertz CT molecular complexity index is 812. The number of aliphatic hydroxyl groups is 1. The fraction of sp³-hybridized carbons (Fsp3) is 0.190. The van der Waals surface area contributed by atoms with Gasteiger partial charge in [-0.2, -0.15) is 0 Å². The highest BCUT2D eigenvalue weighted by Gasteiger charge is 2.22. The molecule has 0 aliphatic carbocycles. The van der Waals surface area contributed by atoms with Crippen LogP contribution in [0.15, 0.2) is 77.4 Å². The van der Waals surface area contributed by atoms with E-state index < -0.39 is 6.10 Å². The highest BCUT2D eigenvalue weighted by molar-refractivity contribution is 5.95. The van der Waals surface area contributed by atoms with Crippen molar-refractivity contribution < 1.29 is 14.3 Å². The van der Waals surface area contributed by atoms with Crippen LogP contribution < -0.4 is 0 Å². The molecule has 0 aliphatic heterocycles. The molecule has 4 nitrogen and oxygen atoms in total. The van der Waals surface area contributed by atoms with Crippen molar-refractivity contribution in [1.82, 2.24) is 4.90 Å². The van der Waals surface area contributed by atoms with E-state index in [0.29, 0.717) is 17.9 Å². The van der Waals surface area contributed by atoms with Crippen LogP contribution in [0.5, 0.6) is 0 Å². The van der Waals surface area contributed by atoms with E-state index in [2.05, 4.69) is 0 Å². The van der Waals surface area contributed by atoms with Crippen LogP contribution in [-0.2, 0) is 6.54 Å². The van der Waals surface area contributed by atoms with E-state index in [9.17, 15) is 9.90 Å². The third kappa shape index (κ3) is 4.17. The molecule has 25 heavy (non-hydrogen) atoms. The summed E-state index contributed by atoms with van der Waals surface area (Å²) in [4.78, 5) is 14.7. The molecule has 0 saturated heterocycles. The monoisotopic (exact) mass is 335 g/mol. The normalized spacial score (nSPS) is 11.9. The summed E-state index contributed by atoms with van der Waals surface area (Å²) in [5.41, 5.74) is 2.57. The fourth-order valence-corrected chi connectivity index (χ4v) is 2.79. The molecule has 1 heterocycles. The van der Waals surface area contributed by atoms with Crippen molar-refractivity contribution in [3.63, 3.8) is 0 Å². The van der Waals surface area contributed by atoms with Crippen LogP contribution in [0.4, 0.5) is 0 Å². The molecule has 0 spiro atoms. The number of benzene rings is 2. The number of hydrogen-bond donors (Lipinski definition) is 1. The number of rotatable bonds is 6. The first kappa shape index (κ1) is 17.0. The topological polar surface area (TPSA) is 53.7 Å². The summed E-state index contributed by atoms with van der Waals surface area (Å²) in [6, 6.07) is 20.7. The van der Waals surface area contributed by atoms with Gasteiger partial charge in [-0.05, 0) is 36.2 Å². The van der Waals surface area contributed by atoms with Crippen LogP contribution in [0.2, 0.25) is 0 Å². The fourth-order valence-electron chi connectivity index (χ4n) is 2.79. The average molecular weight is 335 g/mol. The smallest absolute Gasteiger partial charge is 0.254 e. The molecule has 1 N–H and O–H groups in total. The molecule has 0 bridgehead atoms. The number of carbonyl (C=O) groups excluding carboxylic acids is 1. The van der Waals surface area contributed by atoms with Gasteiger partial charge in [0.05, 0.1) is 12.8 Å². The minimum atomic E-state index is -0.869. The SMILES string of the molecule is Cc1ccccc1C(=O)N(Cc1ccccc1)CC(O)c1ccco1. The second kappa shape index (κ2) is 7.81. The number of nitrogens with zero attached hydrogens (tertiary/aromatic N) is 1. The molecule has 2 aromatic carbocycles. The lowest BCUT2D eigenvalue weighted by atomic mass is 10.1. The Morgan fingerprint density at radius 2 is 1.76 bits per heavy atom. The van der Waals surface area contributed by atoms with Gasteiger partial charge >= 0.3 is 0 Å². The van der Waals surface area contributed by atoms with E-state index >= 15 is 0 Å². The largest absolute Gasteiger partial charge is 0.467 e. The molecule has 0 aliphatic rings. The van der Waals surface area contributed by atoms with Crippen LogP contribution in [0.1, 0.15) is 33.3 Å². The van der Waals surface area contributed by atoms with Gasteiger partial charge in [0.1, 0.15) is 11.9 Å². The minimum Gasteiger partial charge on any atom is -0.467 e. The Hall–Kier alpha value is -2.85. The Morgan fingerprint density at radius 1 is 1.04 bits per heavy atom. The lowest BCUT2D eigenvalue weighted by Crippen LogP contribution is -2.34. The molecular weight excluding hydrogens is 314 g/mol. The lowest BCUT2D eigenvalue weighted by Gasteiger charge is -2.25. The van der Waals surface area contributed by atoms with Crippen molar-refractivity contribution in [1.29, 1.82) is 0 Å². The van der Waals surface area contributed by atoms with Crippen LogP contribution >= 0.6 is 0 Å². The van der Waals surface area contributed by atoms with Crippen molar-refractivity contribution in [2.75, 3.05) is 6.54 Å². The summed E-state index contributed by atoms with van der Waals surface area (Å²) < 4.78 is 5.27. The standard InChI is InChI=1S/C21H21NO3/c1-16-8-5-6-11-18(16)21(24)22(14-17-9-3-2-4-10-17)15-19(23)20-12-7-13-25-20/h2-13,19,23H,14-15H2,1H3. The maximum atomic E-state index is 13.1. The Morgan fingerprint density at radius 3 is 2.44 bits per heavy atom. The van der Waals surface area contributed by atoms with Gasteiger partial charge in [-0.1, -0.05) is 48.5 Å². The van der Waals surface area contributed by atoms with Crippen molar-refractivity contribution >= 4 is 5.91 Å². The van der Waals surface area contributed by atoms with Crippen LogP contribution in [-0.4, -0.2) is 22.5 Å². The first-order chi connectivity index (χ1) is 12.1. The maximum absolute atomic E-state index is 13.1. The van der Waals surface area contributed by atoms with Gasteiger partial charge in [0.25, 0.3) is 5.91 Å². The molecule has 0 saturated carbocycles. The molecule has 1 unspecified atom stereocenters. The predicted molar refractivity (Wildman–Crippen MR) is 96.0 cm³/mol. The molecule has 0 fully saturated rings. The summed E-state index contributed by atoms with van der Waals surface area (Å²) >= 11 is 0. The lowest BCUT2D eigenvalue weighted by molar-refractivity contribution is 0.0562. The maximum Gasteiger partial charge on any atom is 0.254 e. The number of carbonyl (C=O) groups is 1. The van der Waals surface area contributed by atoms with E-state index in [4.69, 9.17) is 4.42 Å². The van der Waals surface area contributed by atoms with E-state index in [-0.39, 0.29) is 12.5 Å². The Balaban J connectivity index is 1.85. The highest BCUT2D eigenvalue weighted by Crippen LogP contribution is 2.19. The van der Waals surface area contributed by atoms with Gasteiger partial charge in [0.15, 0.2) is 0 Å². The zero-order valence-electron chi connectivity index (χ0n) is 14.1. The Kier molecular flexibility index (Phi) is 5.31. The summed E-state index contributed by atoms with van der Waals surface area (Å²) in [6.07, 6.45) is 0.648. The zero-order chi connectivity index (χ0) is 17.6. The van der Waals surface area contributed by atoms with E-state index in [1.165, 1.54) is 6.26 Å². The number of furan rings is 1. The predicted octanol–water partition coefficient (Wildman–Crippen LogP) is 3.96. The van der Waals surface area contributed by atoms with E-state index in [0.717, 1.165) is 11.1 Å². The van der Waals surface area contributed by atoms with Crippen molar-refractivity contribution in [2.24, 2.45) is 0 Å². The summed E-state index contributed by atoms with van der Waals surface area (Å²) in [5, 5.41) is 10.4. The minimum absolute atomic E-state index is 0.104. The molecule has 1 aromatic heterocycles. The Labute approximate surface area is 147 Å². The first-order valence-electron chi connectivity index (χ1n) is 8.25. The molecule has 1 atom stereocenters. The average Bonchev–Trinajstić information content (AvgIpc) is 3.17. The molecule has 4 heteroatoms. The van der Waals surface area contributed by atoms with E-state index in [1.54, 1.807) is 17.0 Å². The quantitative estimate of drug-likeness (QED) is 0.742. The van der Waals surface area contributed by atoms with Gasteiger partial charge in [-0.15, -0.1) is 0 Å². The van der Waals surface area contributed by atoms with Gasteiger partial charge < -0.3 is 14.4 Å². The number of hydrogen-bond acceptors (Lipinski definition) is 3. The van der Waals surface area contributed by atoms with Crippen LogP contribution in [0, 0.1) is 6.92 Å². The van der Waals surface area contributed by atoms with Crippen LogP contribution in [0.25, 0.3) is 0 Å². The molecule has 3 rings (SSSR count). The van der Waals surface area contributed by atoms with Gasteiger partial charge in [0, 0.05) is 12.1 Å². The second-order valence-electron chi connectivity index (χ2n) is 6.02. The summed E-state index contributed by atoms with van der Waals surface area (Å²) in [7, 11) is 0. The molecular formula is C21H21NO3. The third-order valence-corrected chi connectivity index (χ3v) is 4.14. The molecule has 3 aromatic rings. The highest BCUT2D eigenvalue weighted by atomic mass is 16.4. The van der Waals surface area contributed by atoms with Crippen LogP contribution in [0.3, 0.4) is 0 Å². The van der Waals surface area contributed by atoms with Gasteiger partial charge in [-0.25, -0.2) is 0 Å². The number of amides is 1. The number of aryl methyl sites for hydroxylation is 1. The number of aliphatic hydroxyl groups excluding tert-OH is 1. The third-order valence-electron chi connectivity index (χ3n) is 4.14. The summed E-state index contributed by atoms with van der Waals surface area (Å²) in [6.45, 7) is 2.50. The molecule has 128 valence electrons. The van der Waals surface area contributed by atoms with Crippen molar-refractivity contribution in [2.45, 2.75) is 19.6 Å². The van der Waals surface area contributed by atoms with Gasteiger partial charge in [0.2, 0.25) is 0 Å².